The maximum Gasteiger partial charge on any atom is 0.273 e. The Kier molecular flexibility index (Phi) is 5.13. The van der Waals surface area contributed by atoms with E-state index in [0.717, 1.165) is 11.1 Å². The van der Waals surface area contributed by atoms with Gasteiger partial charge >= 0.3 is 0 Å². The van der Waals surface area contributed by atoms with Crippen LogP contribution in [0.4, 0.5) is 5.69 Å². The van der Waals surface area contributed by atoms with Crippen molar-refractivity contribution in [1.29, 1.82) is 0 Å². The number of H-pyrrole nitrogens is 1. The summed E-state index contributed by atoms with van der Waals surface area (Å²) < 4.78 is 0. The summed E-state index contributed by atoms with van der Waals surface area (Å²) in [6.45, 7) is 3.65. The summed E-state index contributed by atoms with van der Waals surface area (Å²) in [7, 11) is 0. The SMILES string of the molecule is Cc1ccc(-c2nc(SCC(=O)c3ccc(C)c([N+](=O)[O-])c3)n[nH]2)cc1. The van der Waals surface area contributed by atoms with E-state index in [-0.39, 0.29) is 17.2 Å². The van der Waals surface area contributed by atoms with Gasteiger partial charge in [-0.05, 0) is 13.8 Å². The maximum atomic E-state index is 12.3. The molecular formula is C18H16N4O3S. The number of aryl methyl sites for hydroxylation is 2. The quantitative estimate of drug-likeness (QED) is 0.306. The average molecular weight is 368 g/mol. The third-order valence-corrected chi connectivity index (χ3v) is 4.70. The predicted molar refractivity (Wildman–Crippen MR) is 99.4 cm³/mol. The molecule has 0 saturated carbocycles. The Bertz CT molecular complexity index is 967. The highest BCUT2D eigenvalue weighted by atomic mass is 32.2. The van der Waals surface area contributed by atoms with E-state index in [4.69, 9.17) is 0 Å². The Morgan fingerprint density at radius 1 is 1.19 bits per heavy atom. The van der Waals surface area contributed by atoms with Crippen LogP contribution in [-0.2, 0) is 0 Å². The molecule has 3 rings (SSSR count). The van der Waals surface area contributed by atoms with Gasteiger partial charge in [0.25, 0.3) is 5.69 Å². The monoisotopic (exact) mass is 368 g/mol. The van der Waals surface area contributed by atoms with E-state index in [1.807, 2.05) is 31.2 Å². The normalized spacial score (nSPS) is 10.7. The molecule has 0 bridgehead atoms. The van der Waals surface area contributed by atoms with Crippen LogP contribution >= 0.6 is 11.8 Å². The first-order chi connectivity index (χ1) is 12.4. The molecule has 0 saturated heterocycles. The first kappa shape index (κ1) is 17.8. The van der Waals surface area contributed by atoms with E-state index in [2.05, 4.69) is 15.2 Å². The maximum absolute atomic E-state index is 12.3. The van der Waals surface area contributed by atoms with Crippen molar-refractivity contribution in [3.05, 3.63) is 69.3 Å². The smallest absolute Gasteiger partial charge is 0.273 e. The molecule has 0 fully saturated rings. The number of Topliss-reactive ketones (excluding diaryl/α,β-unsaturated/α-hetero) is 1. The van der Waals surface area contributed by atoms with Crippen molar-refractivity contribution >= 4 is 23.2 Å². The number of hydrogen-bond donors (Lipinski definition) is 1. The zero-order valence-corrected chi connectivity index (χ0v) is 15.0. The van der Waals surface area contributed by atoms with Crippen molar-refractivity contribution in [1.82, 2.24) is 15.2 Å². The Hall–Kier alpha value is -3.00. The van der Waals surface area contributed by atoms with Crippen LogP contribution in [0.25, 0.3) is 11.4 Å². The number of thioether (sulfide) groups is 1. The number of aromatic amines is 1. The fourth-order valence-electron chi connectivity index (χ4n) is 2.34. The number of nitrogens with one attached hydrogen (secondary N) is 1. The van der Waals surface area contributed by atoms with Crippen molar-refractivity contribution in [2.24, 2.45) is 0 Å². The van der Waals surface area contributed by atoms with Crippen LogP contribution in [0.2, 0.25) is 0 Å². The summed E-state index contributed by atoms with van der Waals surface area (Å²) >= 11 is 1.19. The van der Waals surface area contributed by atoms with Crippen LogP contribution in [0.3, 0.4) is 0 Å². The molecular weight excluding hydrogens is 352 g/mol. The second-order valence-corrected chi connectivity index (χ2v) is 6.75. The minimum Gasteiger partial charge on any atom is -0.293 e. The van der Waals surface area contributed by atoms with Crippen molar-refractivity contribution in [3.63, 3.8) is 0 Å². The Labute approximate surface area is 154 Å². The predicted octanol–water partition coefficient (Wildman–Crippen LogP) is 3.97. The van der Waals surface area contributed by atoms with Gasteiger partial charge < -0.3 is 0 Å². The molecule has 0 aliphatic heterocycles. The molecule has 1 aromatic heterocycles. The summed E-state index contributed by atoms with van der Waals surface area (Å²) in [6.07, 6.45) is 0. The summed E-state index contributed by atoms with van der Waals surface area (Å²) in [5.74, 6) is 0.525. The third kappa shape index (κ3) is 3.97. The number of hydrogen-bond acceptors (Lipinski definition) is 6. The lowest BCUT2D eigenvalue weighted by Crippen LogP contribution is -2.04. The van der Waals surface area contributed by atoms with E-state index in [1.54, 1.807) is 19.1 Å². The fraction of sp³-hybridized carbons (Fsp3) is 0.167. The van der Waals surface area contributed by atoms with Crippen LogP contribution < -0.4 is 0 Å². The number of rotatable bonds is 6. The van der Waals surface area contributed by atoms with Gasteiger partial charge in [-0.1, -0.05) is 53.7 Å². The van der Waals surface area contributed by atoms with E-state index in [1.165, 1.54) is 17.8 Å². The largest absolute Gasteiger partial charge is 0.293 e. The van der Waals surface area contributed by atoms with E-state index in [9.17, 15) is 14.9 Å². The molecule has 8 heteroatoms. The number of aromatic nitrogens is 3. The zero-order valence-electron chi connectivity index (χ0n) is 14.2. The van der Waals surface area contributed by atoms with Gasteiger partial charge in [0.15, 0.2) is 11.6 Å². The molecule has 0 atom stereocenters. The van der Waals surface area contributed by atoms with Crippen molar-refractivity contribution in [2.45, 2.75) is 19.0 Å². The first-order valence-corrected chi connectivity index (χ1v) is 8.83. The van der Waals surface area contributed by atoms with Crippen molar-refractivity contribution in [3.8, 4) is 11.4 Å². The van der Waals surface area contributed by atoms with Gasteiger partial charge in [0.2, 0.25) is 5.16 Å². The van der Waals surface area contributed by atoms with Crippen LogP contribution in [-0.4, -0.2) is 31.6 Å². The number of carbonyl (C=O) groups excluding carboxylic acids is 1. The molecule has 0 spiro atoms. The Morgan fingerprint density at radius 2 is 1.92 bits per heavy atom. The van der Waals surface area contributed by atoms with Gasteiger partial charge in [0.1, 0.15) is 0 Å². The average Bonchev–Trinajstić information content (AvgIpc) is 3.09. The number of benzene rings is 2. The van der Waals surface area contributed by atoms with Crippen LogP contribution in [0.15, 0.2) is 47.6 Å². The Morgan fingerprint density at radius 3 is 2.62 bits per heavy atom. The molecule has 2 aromatic carbocycles. The van der Waals surface area contributed by atoms with E-state index in [0.29, 0.717) is 22.1 Å². The lowest BCUT2D eigenvalue weighted by molar-refractivity contribution is -0.385. The fourth-order valence-corrected chi connectivity index (χ4v) is 3.04. The van der Waals surface area contributed by atoms with Gasteiger partial charge in [-0.15, -0.1) is 5.10 Å². The van der Waals surface area contributed by atoms with Crippen LogP contribution in [0.5, 0.6) is 0 Å². The van der Waals surface area contributed by atoms with Gasteiger partial charge in [0, 0.05) is 22.8 Å². The van der Waals surface area contributed by atoms with Gasteiger partial charge in [-0.2, -0.15) is 0 Å². The summed E-state index contributed by atoms with van der Waals surface area (Å²) in [4.78, 5) is 27.2. The molecule has 0 aliphatic carbocycles. The van der Waals surface area contributed by atoms with Crippen molar-refractivity contribution in [2.75, 3.05) is 5.75 Å². The minimum absolute atomic E-state index is 0.0552. The topological polar surface area (TPSA) is 102 Å². The van der Waals surface area contributed by atoms with Gasteiger partial charge in [-0.25, -0.2) is 4.98 Å². The van der Waals surface area contributed by atoms with E-state index < -0.39 is 4.92 Å². The molecule has 0 amide bonds. The highest BCUT2D eigenvalue weighted by Crippen LogP contribution is 2.23. The molecule has 1 N–H and O–H groups in total. The minimum atomic E-state index is -0.484. The van der Waals surface area contributed by atoms with Crippen LogP contribution in [0, 0.1) is 24.0 Å². The summed E-state index contributed by atoms with van der Waals surface area (Å²) in [5, 5.41) is 18.4. The summed E-state index contributed by atoms with van der Waals surface area (Å²) in [5.41, 5.74) is 2.84. The number of nitro benzene ring substituents is 1. The lowest BCUT2D eigenvalue weighted by atomic mass is 10.1. The Balaban J connectivity index is 1.68. The van der Waals surface area contributed by atoms with Crippen molar-refractivity contribution < 1.29 is 9.72 Å². The van der Waals surface area contributed by atoms with E-state index >= 15 is 0 Å². The number of ketones is 1. The second-order valence-electron chi connectivity index (χ2n) is 5.80. The molecule has 7 nitrogen and oxygen atoms in total. The lowest BCUT2D eigenvalue weighted by Gasteiger charge is -2.01. The second kappa shape index (κ2) is 7.49. The van der Waals surface area contributed by atoms with Crippen LogP contribution in [0.1, 0.15) is 21.5 Å². The number of nitro groups is 1. The zero-order chi connectivity index (χ0) is 18.7. The first-order valence-electron chi connectivity index (χ1n) is 7.84. The highest BCUT2D eigenvalue weighted by molar-refractivity contribution is 7.99. The molecule has 0 unspecified atom stereocenters. The molecule has 0 radical (unpaired) electrons. The molecule has 3 aromatic rings. The third-order valence-electron chi connectivity index (χ3n) is 3.85. The highest BCUT2D eigenvalue weighted by Gasteiger charge is 2.16. The number of carbonyl (C=O) groups is 1. The standard InChI is InChI=1S/C18H16N4O3S/c1-11-3-6-13(7-4-11)17-19-18(21-20-17)26-10-16(23)14-8-5-12(2)15(9-14)22(24)25/h3-9H,10H2,1-2H3,(H,19,20,21). The van der Waals surface area contributed by atoms with Gasteiger partial charge in [-0.3, -0.25) is 20.0 Å². The van der Waals surface area contributed by atoms with Gasteiger partial charge in [0.05, 0.1) is 10.7 Å². The molecule has 132 valence electrons. The molecule has 26 heavy (non-hydrogen) atoms. The number of nitrogens with zero attached hydrogens (tertiary/aromatic N) is 3. The molecule has 0 aliphatic rings. The summed E-state index contributed by atoms with van der Waals surface area (Å²) in [6, 6.07) is 12.4. The molecule has 1 heterocycles.